The van der Waals surface area contributed by atoms with Gasteiger partial charge < -0.3 is 21.3 Å². The van der Waals surface area contributed by atoms with Crippen LogP contribution < -0.4 is 16.4 Å². The molecule has 6 heteroatoms. The van der Waals surface area contributed by atoms with Gasteiger partial charge in [0.1, 0.15) is 0 Å². The van der Waals surface area contributed by atoms with E-state index in [9.17, 15) is 9.59 Å². The van der Waals surface area contributed by atoms with E-state index in [1.807, 2.05) is 13.0 Å². The summed E-state index contributed by atoms with van der Waals surface area (Å²) in [6.07, 6.45) is 0. The maximum atomic E-state index is 11.9. The molecule has 0 bridgehead atoms. The summed E-state index contributed by atoms with van der Waals surface area (Å²) < 4.78 is 0. The first kappa shape index (κ1) is 14.8. The zero-order chi connectivity index (χ0) is 14.4. The Bertz CT molecular complexity index is 472. The van der Waals surface area contributed by atoms with Crippen molar-refractivity contribution in [3.63, 3.8) is 0 Å². The largest absolute Gasteiger partial charge is 0.398 e. The fraction of sp³-hybridized carbons (Fsp3) is 0.385. The van der Waals surface area contributed by atoms with E-state index in [1.54, 1.807) is 26.2 Å². The van der Waals surface area contributed by atoms with Crippen molar-refractivity contribution in [3.8, 4) is 0 Å². The maximum absolute atomic E-state index is 11.9. The van der Waals surface area contributed by atoms with Gasteiger partial charge >= 0.3 is 6.03 Å². The number of nitrogens with zero attached hydrogens (tertiary/aromatic N) is 1. The van der Waals surface area contributed by atoms with Gasteiger partial charge in [0.05, 0.1) is 5.56 Å². The molecule has 1 rings (SSSR count). The molecule has 0 spiro atoms. The summed E-state index contributed by atoms with van der Waals surface area (Å²) in [6.45, 7) is 2.57. The summed E-state index contributed by atoms with van der Waals surface area (Å²) in [4.78, 5) is 24.6. The van der Waals surface area contributed by atoms with Crippen LogP contribution in [-0.2, 0) is 0 Å². The van der Waals surface area contributed by atoms with Crippen molar-refractivity contribution >= 4 is 17.6 Å². The van der Waals surface area contributed by atoms with Crippen LogP contribution in [0.15, 0.2) is 18.2 Å². The molecule has 1 aromatic carbocycles. The van der Waals surface area contributed by atoms with E-state index in [-0.39, 0.29) is 11.9 Å². The Morgan fingerprint density at radius 3 is 2.47 bits per heavy atom. The quantitative estimate of drug-likeness (QED) is 0.549. The highest BCUT2D eigenvalue weighted by Gasteiger charge is 2.10. The molecule has 4 N–H and O–H groups in total. The molecule has 0 aliphatic rings. The van der Waals surface area contributed by atoms with Crippen LogP contribution in [0.4, 0.5) is 10.5 Å². The Balaban J connectivity index is 2.44. The van der Waals surface area contributed by atoms with Gasteiger partial charge in [-0.25, -0.2) is 4.79 Å². The molecule has 0 fully saturated rings. The van der Waals surface area contributed by atoms with Gasteiger partial charge in [-0.2, -0.15) is 0 Å². The number of hydrogen-bond acceptors (Lipinski definition) is 3. The Hall–Kier alpha value is -2.24. The van der Waals surface area contributed by atoms with Crippen molar-refractivity contribution in [1.82, 2.24) is 15.5 Å². The molecule has 104 valence electrons. The Morgan fingerprint density at radius 2 is 1.84 bits per heavy atom. The van der Waals surface area contributed by atoms with Gasteiger partial charge in [-0.05, 0) is 18.6 Å². The number of aryl methyl sites for hydroxylation is 1. The van der Waals surface area contributed by atoms with E-state index in [0.717, 1.165) is 5.56 Å². The van der Waals surface area contributed by atoms with Crippen LogP contribution in [0.1, 0.15) is 15.9 Å². The van der Waals surface area contributed by atoms with Crippen molar-refractivity contribution < 1.29 is 9.59 Å². The van der Waals surface area contributed by atoms with Crippen molar-refractivity contribution in [2.75, 3.05) is 32.9 Å². The average Bonchev–Trinajstić information content (AvgIpc) is 2.37. The van der Waals surface area contributed by atoms with Crippen LogP contribution in [0.3, 0.4) is 0 Å². The fourth-order valence-corrected chi connectivity index (χ4v) is 1.48. The molecule has 0 atom stereocenters. The van der Waals surface area contributed by atoms with Gasteiger partial charge in [-0.1, -0.05) is 12.1 Å². The summed E-state index contributed by atoms with van der Waals surface area (Å²) in [5.41, 5.74) is 7.65. The molecule has 6 nitrogen and oxygen atoms in total. The minimum absolute atomic E-state index is 0.190. The summed E-state index contributed by atoms with van der Waals surface area (Å²) in [5, 5.41) is 5.37. The summed E-state index contributed by atoms with van der Waals surface area (Å²) in [5.74, 6) is -0.236. The van der Waals surface area contributed by atoms with E-state index in [4.69, 9.17) is 5.73 Å². The number of nitrogen functional groups attached to an aromatic ring is 1. The first-order valence-corrected chi connectivity index (χ1v) is 6.02. The normalized spacial score (nSPS) is 9.84. The molecule has 0 aromatic heterocycles. The zero-order valence-electron chi connectivity index (χ0n) is 11.5. The monoisotopic (exact) mass is 264 g/mol. The third-order valence-electron chi connectivity index (χ3n) is 2.66. The summed E-state index contributed by atoms with van der Waals surface area (Å²) in [7, 11) is 3.31. The van der Waals surface area contributed by atoms with Crippen molar-refractivity contribution in [3.05, 3.63) is 29.3 Å². The lowest BCUT2D eigenvalue weighted by atomic mass is 10.1. The van der Waals surface area contributed by atoms with Crippen LogP contribution in [0.5, 0.6) is 0 Å². The number of nitrogens with two attached hydrogens (primary N) is 1. The Kier molecular flexibility index (Phi) is 5.17. The molecule has 3 amide bonds. The van der Waals surface area contributed by atoms with Crippen LogP contribution in [0, 0.1) is 6.92 Å². The van der Waals surface area contributed by atoms with Crippen molar-refractivity contribution in [2.24, 2.45) is 0 Å². The molecule has 0 radical (unpaired) electrons. The predicted octanol–water partition coefficient (Wildman–Crippen LogP) is 0.578. The number of hydrogen-bond donors (Lipinski definition) is 3. The minimum atomic E-state index is -0.236. The molecule has 0 heterocycles. The standard InChI is InChI=1S/C13H20N4O2/c1-9-5-4-6-10(11(9)14)12(18)15-7-8-16-13(19)17(2)3/h4-6H,7-8,14H2,1-3H3,(H,15,18)(H,16,19). The average molecular weight is 264 g/mol. The van der Waals surface area contributed by atoms with Crippen LogP contribution in [0.2, 0.25) is 0 Å². The highest BCUT2D eigenvalue weighted by atomic mass is 16.2. The number of benzene rings is 1. The van der Waals surface area contributed by atoms with Gasteiger partial charge in [-0.15, -0.1) is 0 Å². The highest BCUT2D eigenvalue weighted by molar-refractivity contribution is 5.99. The number of nitrogens with one attached hydrogen (secondary N) is 2. The van der Waals surface area contributed by atoms with Gasteiger partial charge in [0.15, 0.2) is 0 Å². The molecular weight excluding hydrogens is 244 g/mol. The van der Waals surface area contributed by atoms with Gasteiger partial charge in [-0.3, -0.25) is 4.79 Å². The second-order valence-electron chi connectivity index (χ2n) is 4.42. The molecule has 19 heavy (non-hydrogen) atoms. The maximum Gasteiger partial charge on any atom is 0.316 e. The summed E-state index contributed by atoms with van der Waals surface area (Å²) >= 11 is 0. The van der Waals surface area contributed by atoms with Crippen LogP contribution >= 0.6 is 0 Å². The van der Waals surface area contributed by atoms with E-state index in [1.165, 1.54) is 4.90 Å². The lowest BCUT2D eigenvalue weighted by molar-refractivity contribution is 0.0954. The fourth-order valence-electron chi connectivity index (χ4n) is 1.48. The number of carbonyl (C=O) groups excluding carboxylic acids is 2. The van der Waals surface area contributed by atoms with Crippen molar-refractivity contribution in [1.29, 1.82) is 0 Å². The van der Waals surface area contributed by atoms with Crippen LogP contribution in [0.25, 0.3) is 0 Å². The van der Waals surface area contributed by atoms with Gasteiger partial charge in [0, 0.05) is 32.9 Å². The summed E-state index contributed by atoms with van der Waals surface area (Å²) in [6, 6.07) is 5.12. The van der Waals surface area contributed by atoms with Gasteiger partial charge in [0.25, 0.3) is 5.91 Å². The lowest BCUT2D eigenvalue weighted by Crippen LogP contribution is -2.39. The topological polar surface area (TPSA) is 87.5 Å². The first-order valence-electron chi connectivity index (χ1n) is 6.02. The molecule has 0 aliphatic carbocycles. The molecule has 0 saturated carbocycles. The highest BCUT2D eigenvalue weighted by Crippen LogP contribution is 2.15. The third kappa shape index (κ3) is 4.17. The second kappa shape index (κ2) is 6.63. The number of amides is 3. The van der Waals surface area contributed by atoms with E-state index >= 15 is 0 Å². The number of anilines is 1. The number of carbonyl (C=O) groups is 2. The predicted molar refractivity (Wildman–Crippen MR) is 75.0 cm³/mol. The van der Waals surface area contributed by atoms with Crippen LogP contribution in [-0.4, -0.2) is 44.0 Å². The van der Waals surface area contributed by atoms with Gasteiger partial charge in [0.2, 0.25) is 0 Å². The second-order valence-corrected chi connectivity index (χ2v) is 4.42. The van der Waals surface area contributed by atoms with E-state index in [0.29, 0.717) is 24.3 Å². The van der Waals surface area contributed by atoms with E-state index in [2.05, 4.69) is 10.6 Å². The SMILES string of the molecule is Cc1cccc(C(=O)NCCNC(=O)N(C)C)c1N. The zero-order valence-corrected chi connectivity index (χ0v) is 11.5. The Morgan fingerprint density at radius 1 is 1.21 bits per heavy atom. The molecular formula is C13H20N4O2. The van der Waals surface area contributed by atoms with E-state index < -0.39 is 0 Å². The van der Waals surface area contributed by atoms with Crippen molar-refractivity contribution in [2.45, 2.75) is 6.92 Å². The number of rotatable bonds is 4. The molecule has 0 aliphatic heterocycles. The number of urea groups is 1. The third-order valence-corrected chi connectivity index (χ3v) is 2.66. The lowest BCUT2D eigenvalue weighted by Gasteiger charge is -2.13. The molecule has 1 aromatic rings. The first-order chi connectivity index (χ1) is 8.93. The molecule has 0 unspecified atom stereocenters. The number of para-hydroxylation sites is 1. The smallest absolute Gasteiger partial charge is 0.316 e. The molecule has 0 saturated heterocycles. The minimum Gasteiger partial charge on any atom is -0.398 e. The Labute approximate surface area is 113 Å².